The Morgan fingerprint density at radius 2 is 2.20 bits per heavy atom. The van der Waals surface area contributed by atoms with Gasteiger partial charge in [-0.25, -0.2) is 0 Å². The lowest BCUT2D eigenvalue weighted by molar-refractivity contribution is -0.154. The van der Waals surface area contributed by atoms with Gasteiger partial charge in [-0.1, -0.05) is 12.1 Å². The van der Waals surface area contributed by atoms with E-state index in [0.29, 0.717) is 19.6 Å². The molecule has 2 aliphatic heterocycles. The summed E-state index contributed by atoms with van der Waals surface area (Å²) in [7, 11) is 1.63. The molecule has 5 heteroatoms. The summed E-state index contributed by atoms with van der Waals surface area (Å²) in [5.41, 5.74) is 1.66. The van der Waals surface area contributed by atoms with Gasteiger partial charge in [0.25, 0.3) is 0 Å². The number of hydrogen-bond donors (Lipinski definition) is 1. The number of fused-ring (bicyclic) bond motifs is 1. The maximum Gasteiger partial charge on any atom is 0.311 e. The van der Waals surface area contributed by atoms with Crippen molar-refractivity contribution in [2.24, 2.45) is 5.41 Å². The molecule has 2 heterocycles. The van der Waals surface area contributed by atoms with Gasteiger partial charge in [0.05, 0.1) is 5.41 Å². The van der Waals surface area contributed by atoms with Crippen molar-refractivity contribution in [1.29, 1.82) is 0 Å². The van der Waals surface area contributed by atoms with Gasteiger partial charge in [-0.2, -0.15) is 0 Å². The molecule has 1 aromatic rings. The predicted molar refractivity (Wildman–Crippen MR) is 95.9 cm³/mol. The summed E-state index contributed by atoms with van der Waals surface area (Å²) in [5, 5.41) is 9.78. The number of carbonyl (C=O) groups is 1. The summed E-state index contributed by atoms with van der Waals surface area (Å²) < 4.78 is 11.1. The van der Waals surface area contributed by atoms with E-state index in [-0.39, 0.29) is 5.60 Å². The second-order valence-electron chi connectivity index (χ2n) is 8.12. The molecule has 0 radical (unpaired) electrons. The van der Waals surface area contributed by atoms with Crippen LogP contribution < -0.4 is 4.74 Å². The summed E-state index contributed by atoms with van der Waals surface area (Å²) in [6.07, 6.45) is 3.14. The van der Waals surface area contributed by atoms with Crippen LogP contribution in [0.25, 0.3) is 0 Å². The van der Waals surface area contributed by atoms with Crippen LogP contribution >= 0.6 is 0 Å². The highest BCUT2D eigenvalue weighted by Gasteiger charge is 2.42. The monoisotopic (exact) mass is 347 g/mol. The van der Waals surface area contributed by atoms with Gasteiger partial charge in [0.15, 0.2) is 0 Å². The van der Waals surface area contributed by atoms with Gasteiger partial charge in [0.2, 0.25) is 0 Å². The molecule has 0 saturated carbocycles. The van der Waals surface area contributed by atoms with Crippen LogP contribution in [-0.2, 0) is 22.5 Å². The van der Waals surface area contributed by atoms with Crippen molar-refractivity contribution >= 4 is 5.97 Å². The molecule has 0 unspecified atom stereocenters. The molecule has 1 N–H and O–H groups in total. The molecule has 0 aliphatic carbocycles. The summed E-state index contributed by atoms with van der Waals surface area (Å²) in [5.74, 6) is 0.283. The molecule has 0 amide bonds. The number of rotatable bonds is 6. The third-order valence-corrected chi connectivity index (χ3v) is 5.43. The first-order valence-corrected chi connectivity index (χ1v) is 9.09. The standard InChI is InChI=1S/C20H29NO4/c1-19(2)12-16-11-15(5-6-17(16)25-19)13-21-9-4-7-20(14-21,18(22)23)8-10-24-3/h5-6,11H,4,7-10,12-14H2,1-3H3,(H,22,23)/t20-/m0/s1. The van der Waals surface area contributed by atoms with Crippen molar-refractivity contribution in [2.45, 2.75) is 51.7 Å². The molecule has 1 aromatic carbocycles. The van der Waals surface area contributed by atoms with E-state index in [1.165, 1.54) is 11.1 Å². The third-order valence-electron chi connectivity index (χ3n) is 5.43. The number of carboxylic acid groups (broad SMARTS) is 1. The molecule has 1 atom stereocenters. The van der Waals surface area contributed by atoms with Gasteiger partial charge in [0, 0.05) is 33.2 Å². The predicted octanol–water partition coefficient (Wildman–Crippen LogP) is 3.10. The molecular weight excluding hydrogens is 318 g/mol. The Hall–Kier alpha value is -1.59. The van der Waals surface area contributed by atoms with Gasteiger partial charge in [-0.3, -0.25) is 9.69 Å². The highest BCUT2D eigenvalue weighted by atomic mass is 16.5. The van der Waals surface area contributed by atoms with Crippen LogP contribution in [0.4, 0.5) is 0 Å². The number of methoxy groups -OCH3 is 1. The average molecular weight is 347 g/mol. The molecule has 0 aromatic heterocycles. The molecule has 138 valence electrons. The Balaban J connectivity index is 1.70. The van der Waals surface area contributed by atoms with E-state index in [2.05, 4.69) is 36.9 Å². The summed E-state index contributed by atoms with van der Waals surface area (Å²) in [6, 6.07) is 6.38. The molecule has 0 bridgehead atoms. The number of likely N-dealkylation sites (tertiary alicyclic amines) is 1. The zero-order valence-electron chi connectivity index (χ0n) is 15.5. The number of aliphatic carboxylic acids is 1. The Kier molecular flexibility index (Phi) is 5.07. The normalized spacial score (nSPS) is 25.4. The SMILES string of the molecule is COCC[C@@]1(C(=O)O)CCCN(Cc2ccc3c(c2)CC(C)(C)O3)C1. The van der Waals surface area contributed by atoms with Gasteiger partial charge in [-0.15, -0.1) is 0 Å². The lowest BCUT2D eigenvalue weighted by Crippen LogP contribution is -2.48. The molecule has 1 fully saturated rings. The summed E-state index contributed by atoms with van der Waals surface area (Å²) in [4.78, 5) is 14.2. The molecule has 1 saturated heterocycles. The van der Waals surface area contributed by atoms with Crippen LogP contribution in [0.2, 0.25) is 0 Å². The maximum absolute atomic E-state index is 11.9. The maximum atomic E-state index is 11.9. The number of carboxylic acids is 1. The molecule has 2 aliphatic rings. The van der Waals surface area contributed by atoms with Crippen LogP contribution in [-0.4, -0.2) is 48.4 Å². The fourth-order valence-electron chi connectivity index (χ4n) is 4.16. The van der Waals surface area contributed by atoms with Crippen molar-refractivity contribution in [3.63, 3.8) is 0 Å². The highest BCUT2D eigenvalue weighted by Crippen LogP contribution is 2.37. The number of ether oxygens (including phenoxy) is 2. The minimum atomic E-state index is -0.696. The van der Waals surface area contributed by atoms with Crippen molar-refractivity contribution in [3.8, 4) is 5.75 Å². The van der Waals surface area contributed by atoms with Crippen molar-refractivity contribution in [1.82, 2.24) is 4.90 Å². The average Bonchev–Trinajstić information content (AvgIpc) is 2.86. The molecule has 25 heavy (non-hydrogen) atoms. The van der Waals surface area contributed by atoms with Gasteiger partial charge in [0.1, 0.15) is 11.4 Å². The lowest BCUT2D eigenvalue weighted by Gasteiger charge is -2.40. The van der Waals surface area contributed by atoms with E-state index < -0.39 is 11.4 Å². The number of nitrogens with zero attached hydrogens (tertiary/aromatic N) is 1. The smallest absolute Gasteiger partial charge is 0.311 e. The zero-order valence-corrected chi connectivity index (χ0v) is 15.5. The minimum Gasteiger partial charge on any atom is -0.487 e. The second-order valence-corrected chi connectivity index (χ2v) is 8.12. The summed E-state index contributed by atoms with van der Waals surface area (Å²) in [6.45, 7) is 7.02. The van der Waals surface area contributed by atoms with E-state index >= 15 is 0 Å². The van der Waals surface area contributed by atoms with E-state index in [9.17, 15) is 9.90 Å². The Morgan fingerprint density at radius 3 is 2.92 bits per heavy atom. The van der Waals surface area contributed by atoms with E-state index in [4.69, 9.17) is 9.47 Å². The van der Waals surface area contributed by atoms with Crippen LogP contribution in [0.3, 0.4) is 0 Å². The number of benzene rings is 1. The zero-order chi connectivity index (χ0) is 18.1. The Labute approximate surface area is 149 Å². The van der Waals surface area contributed by atoms with Crippen LogP contribution in [0.1, 0.15) is 44.2 Å². The lowest BCUT2D eigenvalue weighted by atomic mass is 9.77. The van der Waals surface area contributed by atoms with E-state index in [0.717, 1.165) is 38.1 Å². The fourth-order valence-corrected chi connectivity index (χ4v) is 4.16. The first-order valence-electron chi connectivity index (χ1n) is 9.09. The quantitative estimate of drug-likeness (QED) is 0.857. The van der Waals surface area contributed by atoms with Gasteiger partial charge in [-0.05, 0) is 56.8 Å². The van der Waals surface area contributed by atoms with Gasteiger partial charge >= 0.3 is 5.97 Å². The van der Waals surface area contributed by atoms with E-state index in [1.807, 2.05) is 0 Å². The largest absolute Gasteiger partial charge is 0.487 e. The first-order chi connectivity index (χ1) is 11.8. The Morgan fingerprint density at radius 1 is 1.40 bits per heavy atom. The molecular formula is C20H29NO4. The van der Waals surface area contributed by atoms with Crippen LogP contribution in [0, 0.1) is 5.41 Å². The Bertz CT molecular complexity index is 643. The molecule has 3 rings (SSSR count). The van der Waals surface area contributed by atoms with Crippen molar-refractivity contribution in [3.05, 3.63) is 29.3 Å². The highest BCUT2D eigenvalue weighted by molar-refractivity contribution is 5.75. The van der Waals surface area contributed by atoms with Crippen molar-refractivity contribution in [2.75, 3.05) is 26.8 Å². The van der Waals surface area contributed by atoms with E-state index in [1.54, 1.807) is 7.11 Å². The van der Waals surface area contributed by atoms with Crippen molar-refractivity contribution < 1.29 is 19.4 Å². The number of piperidine rings is 1. The topological polar surface area (TPSA) is 59.0 Å². The minimum absolute atomic E-state index is 0.134. The fraction of sp³-hybridized carbons (Fsp3) is 0.650. The molecule has 0 spiro atoms. The first kappa shape index (κ1) is 18.2. The molecule has 5 nitrogen and oxygen atoms in total. The van der Waals surface area contributed by atoms with Crippen LogP contribution in [0.15, 0.2) is 18.2 Å². The second kappa shape index (κ2) is 6.96. The summed E-state index contributed by atoms with van der Waals surface area (Å²) >= 11 is 0. The third kappa shape index (κ3) is 3.98. The van der Waals surface area contributed by atoms with Gasteiger partial charge < -0.3 is 14.6 Å². The number of hydrogen-bond acceptors (Lipinski definition) is 4. The van der Waals surface area contributed by atoms with Crippen LogP contribution in [0.5, 0.6) is 5.75 Å².